The smallest absolute Gasteiger partial charge is 0.0146 e. The van der Waals surface area contributed by atoms with Gasteiger partial charge in [-0.3, -0.25) is 0 Å². The maximum atomic E-state index is 2.34. The van der Waals surface area contributed by atoms with Crippen LogP contribution in [-0.4, -0.2) is 0 Å². The van der Waals surface area contributed by atoms with Crippen LogP contribution in [0.25, 0.3) is 16.3 Å². The zero-order valence-electron chi connectivity index (χ0n) is 11.0. The second-order valence-electron chi connectivity index (χ2n) is 4.24. The Labute approximate surface area is 104 Å². The zero-order chi connectivity index (χ0) is 12.3. The average Bonchev–Trinajstić information content (AvgIpc) is 2.41. The largest absolute Gasteiger partial charge is 0.0807 e. The van der Waals surface area contributed by atoms with Crippen molar-refractivity contribution in [2.75, 3.05) is 0 Å². The van der Waals surface area contributed by atoms with Crippen LogP contribution in [0.15, 0.2) is 42.5 Å². The van der Waals surface area contributed by atoms with Crippen LogP contribution in [0, 0.1) is 0 Å². The molecule has 0 amide bonds. The van der Waals surface area contributed by atoms with E-state index in [0.717, 1.165) is 0 Å². The Hall–Kier alpha value is -1.56. The third-order valence-electron chi connectivity index (χ3n) is 3.31. The monoisotopic (exact) mass is 224 g/mol. The molecule has 0 N–H and O–H groups in total. The van der Waals surface area contributed by atoms with Crippen LogP contribution in [0.2, 0.25) is 0 Å². The molecule has 0 aliphatic heterocycles. The van der Waals surface area contributed by atoms with Gasteiger partial charge in [-0.25, -0.2) is 0 Å². The summed E-state index contributed by atoms with van der Waals surface area (Å²) in [5.41, 5.74) is 4.41. The van der Waals surface area contributed by atoms with E-state index >= 15 is 0 Å². The van der Waals surface area contributed by atoms with Crippen molar-refractivity contribution in [3.8, 4) is 0 Å². The third kappa shape index (κ3) is 2.12. The molecule has 0 fully saturated rings. The number of hydrogen-bond donors (Lipinski definition) is 0. The summed E-state index contributed by atoms with van der Waals surface area (Å²) in [6.45, 7) is 6.22. The first-order valence-corrected chi connectivity index (χ1v) is 6.54. The van der Waals surface area contributed by atoms with E-state index in [-0.39, 0.29) is 0 Å². The van der Waals surface area contributed by atoms with Gasteiger partial charge >= 0.3 is 0 Å². The zero-order valence-corrected chi connectivity index (χ0v) is 11.0. The van der Waals surface area contributed by atoms with Crippen molar-refractivity contribution in [3.05, 3.63) is 53.6 Å². The van der Waals surface area contributed by atoms with Crippen molar-refractivity contribution in [1.82, 2.24) is 0 Å². The molecule has 3 rings (SSSR count). The topological polar surface area (TPSA) is 0 Å². The van der Waals surface area contributed by atoms with Gasteiger partial charge in [-0.05, 0) is 47.2 Å². The van der Waals surface area contributed by atoms with E-state index in [1.807, 2.05) is 13.8 Å². The van der Waals surface area contributed by atoms with Crippen LogP contribution in [-0.2, 0) is 6.42 Å². The highest BCUT2D eigenvalue weighted by Crippen LogP contribution is 2.31. The molecule has 1 aliphatic carbocycles. The Morgan fingerprint density at radius 3 is 2.53 bits per heavy atom. The van der Waals surface area contributed by atoms with Crippen LogP contribution in [0.4, 0.5) is 0 Å². The van der Waals surface area contributed by atoms with E-state index < -0.39 is 0 Å². The number of fused-ring (bicyclic) bond motifs is 3. The minimum absolute atomic E-state index is 1.19. The summed E-state index contributed by atoms with van der Waals surface area (Å²) in [6.07, 6.45) is 4.72. The molecule has 1 aliphatic rings. The normalized spacial score (nSPS) is 13.5. The Kier molecular flexibility index (Phi) is 3.63. The van der Waals surface area contributed by atoms with Gasteiger partial charge in [0.05, 0.1) is 0 Å². The lowest BCUT2D eigenvalue weighted by molar-refractivity contribution is 0.987. The van der Waals surface area contributed by atoms with Gasteiger partial charge in [-0.15, -0.1) is 0 Å². The summed E-state index contributed by atoms with van der Waals surface area (Å²) in [5, 5.41) is 2.80. The van der Waals surface area contributed by atoms with Crippen LogP contribution < -0.4 is 0 Å². The maximum Gasteiger partial charge on any atom is -0.0146 e. The fourth-order valence-electron chi connectivity index (χ4n) is 2.52. The number of allylic oxidation sites excluding steroid dienone is 2. The highest BCUT2D eigenvalue weighted by atomic mass is 14.2. The van der Waals surface area contributed by atoms with Gasteiger partial charge in [0.25, 0.3) is 0 Å². The van der Waals surface area contributed by atoms with E-state index in [9.17, 15) is 0 Å². The Morgan fingerprint density at radius 2 is 1.71 bits per heavy atom. The molecule has 0 heteroatoms. The Bertz CT molecular complexity index is 547. The summed E-state index contributed by atoms with van der Waals surface area (Å²) in [6, 6.07) is 13.2. The van der Waals surface area contributed by atoms with Crippen molar-refractivity contribution < 1.29 is 0 Å². The lowest BCUT2D eigenvalue weighted by Gasteiger charge is -2.17. The van der Waals surface area contributed by atoms with Gasteiger partial charge in [0.1, 0.15) is 0 Å². The summed E-state index contributed by atoms with van der Waals surface area (Å²) in [5.74, 6) is 0. The van der Waals surface area contributed by atoms with Crippen LogP contribution in [0.5, 0.6) is 0 Å². The number of benzene rings is 2. The predicted octanol–water partition coefficient (Wildman–Crippen LogP) is 5.22. The first-order chi connectivity index (χ1) is 8.36. The van der Waals surface area contributed by atoms with E-state index in [2.05, 4.69) is 49.4 Å². The van der Waals surface area contributed by atoms with E-state index in [4.69, 9.17) is 0 Å². The highest BCUT2D eigenvalue weighted by Gasteiger charge is 2.11. The summed E-state index contributed by atoms with van der Waals surface area (Å²) in [7, 11) is 0. The van der Waals surface area contributed by atoms with Gasteiger partial charge in [0.2, 0.25) is 0 Å². The van der Waals surface area contributed by atoms with Crippen LogP contribution >= 0.6 is 0 Å². The number of hydrogen-bond acceptors (Lipinski definition) is 0. The van der Waals surface area contributed by atoms with Gasteiger partial charge in [-0.2, -0.15) is 0 Å². The average molecular weight is 224 g/mol. The fraction of sp³-hybridized carbons (Fsp3) is 0.294. The lowest BCUT2D eigenvalue weighted by atomic mass is 9.88. The molecule has 2 aromatic rings. The van der Waals surface area contributed by atoms with Gasteiger partial charge < -0.3 is 0 Å². The molecule has 0 saturated heterocycles. The summed E-state index contributed by atoms with van der Waals surface area (Å²) in [4.78, 5) is 0. The molecule has 0 spiro atoms. The highest BCUT2D eigenvalue weighted by molar-refractivity contribution is 5.90. The summed E-state index contributed by atoms with van der Waals surface area (Å²) < 4.78 is 0. The third-order valence-corrected chi connectivity index (χ3v) is 3.31. The molecular formula is C17H20. The Morgan fingerprint density at radius 1 is 0.941 bits per heavy atom. The second kappa shape index (κ2) is 5.18. The first-order valence-electron chi connectivity index (χ1n) is 6.54. The summed E-state index contributed by atoms with van der Waals surface area (Å²) >= 11 is 0. The number of rotatable bonds is 0. The molecule has 0 nitrogen and oxygen atoms in total. The van der Waals surface area contributed by atoms with Crippen molar-refractivity contribution >= 4 is 16.3 Å². The molecule has 0 atom stereocenters. The fourth-order valence-corrected chi connectivity index (χ4v) is 2.52. The van der Waals surface area contributed by atoms with Crippen LogP contribution in [0.1, 0.15) is 38.3 Å². The van der Waals surface area contributed by atoms with Crippen molar-refractivity contribution in [2.45, 2.75) is 33.6 Å². The lowest BCUT2D eigenvalue weighted by Crippen LogP contribution is -1.98. The number of aryl methyl sites for hydroxylation is 1. The van der Waals surface area contributed by atoms with Gasteiger partial charge in [-0.1, -0.05) is 56.3 Å². The Balaban J connectivity index is 0.000000514. The van der Waals surface area contributed by atoms with Crippen molar-refractivity contribution in [3.63, 3.8) is 0 Å². The molecular weight excluding hydrogens is 204 g/mol. The molecule has 2 aromatic carbocycles. The molecule has 0 radical (unpaired) electrons. The predicted molar refractivity (Wildman–Crippen MR) is 77.3 cm³/mol. The first kappa shape index (κ1) is 11.9. The van der Waals surface area contributed by atoms with E-state index in [0.29, 0.717) is 0 Å². The van der Waals surface area contributed by atoms with E-state index in [1.165, 1.54) is 40.3 Å². The van der Waals surface area contributed by atoms with Gasteiger partial charge in [0.15, 0.2) is 0 Å². The van der Waals surface area contributed by atoms with Gasteiger partial charge in [0, 0.05) is 0 Å². The molecule has 0 unspecified atom stereocenters. The standard InChI is InChI=1S/C15H14.C2H6/c1-11-5-4-8-15-13(11)10-9-12-6-2-3-7-14(12)15;1-2/h2-3,5-7,9-10H,4,8H2,1H3;1-2H3. The molecule has 0 saturated carbocycles. The SMILES string of the molecule is CC.CC1=CCCc2c1ccc1ccccc21. The minimum Gasteiger partial charge on any atom is -0.0807 e. The molecule has 88 valence electrons. The second-order valence-corrected chi connectivity index (χ2v) is 4.24. The van der Waals surface area contributed by atoms with E-state index in [1.54, 1.807) is 0 Å². The van der Waals surface area contributed by atoms with Crippen LogP contribution in [0.3, 0.4) is 0 Å². The molecule has 0 bridgehead atoms. The molecule has 17 heavy (non-hydrogen) atoms. The molecule has 0 aromatic heterocycles. The molecule has 0 heterocycles. The van der Waals surface area contributed by atoms with Crippen molar-refractivity contribution in [2.24, 2.45) is 0 Å². The van der Waals surface area contributed by atoms with Crippen molar-refractivity contribution in [1.29, 1.82) is 0 Å². The quantitative estimate of drug-likeness (QED) is 0.576. The minimum atomic E-state index is 1.19. The maximum absolute atomic E-state index is 2.34.